The number of unbranched alkanes of at least 4 members (excludes halogenated alkanes) is 28. The Bertz CT molecular complexity index is 1340. The molecule has 0 spiro atoms. The van der Waals surface area contributed by atoms with Crippen molar-refractivity contribution in [2.45, 2.75) is 302 Å². The van der Waals surface area contributed by atoms with E-state index in [-0.39, 0.29) is 11.8 Å². The summed E-state index contributed by atoms with van der Waals surface area (Å²) in [5.41, 5.74) is -0.660. The summed E-state index contributed by atoms with van der Waals surface area (Å²) in [4.78, 5) is 33.8. The molecule has 0 aromatic rings. The van der Waals surface area contributed by atoms with Crippen LogP contribution in [-0.4, -0.2) is 60.9 Å². The molecule has 1 aliphatic carbocycles. The van der Waals surface area contributed by atoms with E-state index in [1.807, 2.05) is 0 Å². The molecule has 0 atom stereocenters. The van der Waals surface area contributed by atoms with Crippen molar-refractivity contribution >= 4 is 11.8 Å². The third-order valence-electron chi connectivity index (χ3n) is 15.1. The topological polar surface area (TPSA) is 52.7 Å². The van der Waals surface area contributed by atoms with Gasteiger partial charge in [-0.05, 0) is 168 Å². The summed E-state index contributed by atoms with van der Waals surface area (Å²) in [7, 11) is 4.29. The van der Waals surface area contributed by atoms with Crippen LogP contribution in [0.15, 0.2) is 72.9 Å². The van der Waals surface area contributed by atoms with Gasteiger partial charge in [-0.15, -0.1) is 0 Å². The zero-order valence-electron chi connectivity index (χ0n) is 48.7. The fourth-order valence-corrected chi connectivity index (χ4v) is 10.2. The fourth-order valence-electron chi connectivity index (χ4n) is 10.2. The van der Waals surface area contributed by atoms with Gasteiger partial charge in [-0.2, -0.15) is 0 Å². The number of nitrogens with one attached hydrogen (secondary N) is 1. The second kappa shape index (κ2) is 51.8. The lowest BCUT2D eigenvalue weighted by Gasteiger charge is -2.50. The van der Waals surface area contributed by atoms with Gasteiger partial charge in [0.25, 0.3) is 0 Å². The van der Waals surface area contributed by atoms with Crippen LogP contribution in [-0.2, 0) is 9.59 Å². The van der Waals surface area contributed by atoms with Gasteiger partial charge in [0, 0.05) is 19.0 Å². The molecular formula is C67H121N3O2. The average Bonchev–Trinajstić information content (AvgIpc) is 3.36. The number of carbonyl (C=O) groups excluding carboxylic acids is 2. The van der Waals surface area contributed by atoms with Crippen LogP contribution in [0.4, 0.5) is 0 Å². The van der Waals surface area contributed by atoms with Crippen molar-refractivity contribution in [3.63, 3.8) is 0 Å². The Hall–Kier alpha value is -2.66. The molecule has 0 saturated heterocycles. The van der Waals surface area contributed by atoms with Crippen molar-refractivity contribution in [1.29, 1.82) is 0 Å². The summed E-state index contributed by atoms with van der Waals surface area (Å²) < 4.78 is 0. The number of hydrogen-bond acceptors (Lipinski definition) is 3. The lowest BCUT2D eigenvalue weighted by atomic mass is 9.73. The second-order valence-corrected chi connectivity index (χ2v) is 22.2. The monoisotopic (exact) mass is 1000 g/mol. The maximum absolute atomic E-state index is 15.1. The standard InChI is InChI=1S/C67H121N3O2/c1-6-9-12-15-18-21-24-27-30-32-35-38-41-44-47-51-57-64(58-52-48-45-42-39-36-33-31-28-25-22-19-16-13-10-7-2)65(71)70(63-55-50-54-62-69(4)5)67(59-56-60-67)66(72)68-61-53-49-46-43-40-37-34-29-26-23-20-17-14-11-8-3/h18-23,27-31,34,64H,6-17,24-26,32-33,35-63H2,1-5H3,(H,68,72)/b21-18-,22-19-,23-20-,30-27-,31-28-,34-29-. The van der Waals surface area contributed by atoms with Gasteiger partial charge in [-0.1, -0.05) is 222 Å². The maximum Gasteiger partial charge on any atom is 0.245 e. The number of allylic oxidation sites excluding steroid dienone is 12. The van der Waals surface area contributed by atoms with Gasteiger partial charge >= 0.3 is 0 Å². The molecule has 0 bridgehead atoms. The van der Waals surface area contributed by atoms with E-state index in [9.17, 15) is 4.79 Å². The zero-order chi connectivity index (χ0) is 52.1. The van der Waals surface area contributed by atoms with Crippen molar-refractivity contribution in [1.82, 2.24) is 15.1 Å². The third-order valence-corrected chi connectivity index (χ3v) is 15.1. The molecule has 0 aromatic carbocycles. The number of amides is 2. The minimum absolute atomic E-state index is 0.0237. The summed E-state index contributed by atoms with van der Waals surface area (Å²) in [5.74, 6) is 0.441. The Morgan fingerprint density at radius 2 is 0.750 bits per heavy atom. The molecule has 5 nitrogen and oxygen atoms in total. The van der Waals surface area contributed by atoms with Gasteiger partial charge in [0.05, 0.1) is 0 Å². The molecule has 1 saturated carbocycles. The first kappa shape index (κ1) is 67.4. The minimum Gasteiger partial charge on any atom is -0.354 e. The maximum atomic E-state index is 15.1. The summed E-state index contributed by atoms with van der Waals surface area (Å²) >= 11 is 0. The van der Waals surface area contributed by atoms with E-state index in [1.165, 1.54) is 173 Å². The van der Waals surface area contributed by atoms with Crippen molar-refractivity contribution in [2.24, 2.45) is 5.92 Å². The van der Waals surface area contributed by atoms with Crippen molar-refractivity contribution in [3.8, 4) is 0 Å². The molecule has 2 amide bonds. The van der Waals surface area contributed by atoms with E-state index in [0.29, 0.717) is 12.5 Å². The van der Waals surface area contributed by atoms with Crippen LogP contribution in [0.2, 0.25) is 0 Å². The predicted molar refractivity (Wildman–Crippen MR) is 320 cm³/mol. The van der Waals surface area contributed by atoms with Crippen LogP contribution in [0.1, 0.15) is 297 Å². The third kappa shape index (κ3) is 38.9. The van der Waals surface area contributed by atoms with Crippen molar-refractivity contribution in [2.75, 3.05) is 33.7 Å². The van der Waals surface area contributed by atoms with Crippen LogP contribution >= 0.6 is 0 Å². The van der Waals surface area contributed by atoms with Crippen LogP contribution in [0.3, 0.4) is 0 Å². The Morgan fingerprint density at radius 1 is 0.417 bits per heavy atom. The SMILES string of the molecule is CCCCC/C=C\C/C=C\CCCCCCCCC(CCCCCCCC/C=C\C/C=C\CCCCC)C(=O)N(CCCCCN(C)C)C1(C(=O)NCCCCCCC/C=C\C/C=C\CCCCC)CCC1. The van der Waals surface area contributed by atoms with Crippen LogP contribution < -0.4 is 5.32 Å². The van der Waals surface area contributed by atoms with Crippen LogP contribution in [0.25, 0.3) is 0 Å². The van der Waals surface area contributed by atoms with Gasteiger partial charge in [0.2, 0.25) is 11.8 Å². The lowest BCUT2D eigenvalue weighted by Crippen LogP contribution is -2.65. The average molecular weight is 1000 g/mol. The lowest BCUT2D eigenvalue weighted by molar-refractivity contribution is -0.157. The molecule has 0 heterocycles. The highest BCUT2D eigenvalue weighted by molar-refractivity contribution is 5.93. The molecule has 416 valence electrons. The van der Waals surface area contributed by atoms with E-state index in [1.54, 1.807) is 0 Å². The highest BCUT2D eigenvalue weighted by atomic mass is 16.2. The first-order chi connectivity index (χ1) is 35.4. The van der Waals surface area contributed by atoms with E-state index in [4.69, 9.17) is 0 Å². The zero-order valence-corrected chi connectivity index (χ0v) is 48.7. The second-order valence-electron chi connectivity index (χ2n) is 22.2. The predicted octanol–water partition coefficient (Wildman–Crippen LogP) is 20.0. The Balaban J connectivity index is 2.79. The van der Waals surface area contributed by atoms with Crippen LogP contribution in [0.5, 0.6) is 0 Å². The molecule has 72 heavy (non-hydrogen) atoms. The molecule has 1 aliphatic rings. The first-order valence-corrected chi connectivity index (χ1v) is 31.6. The molecule has 5 heteroatoms. The summed E-state index contributed by atoms with van der Waals surface area (Å²) in [5, 5.41) is 3.39. The van der Waals surface area contributed by atoms with Crippen LogP contribution in [0, 0.1) is 5.92 Å². The van der Waals surface area contributed by atoms with Gasteiger partial charge in [-0.3, -0.25) is 9.59 Å². The molecule has 0 aliphatic heterocycles. The Kier molecular flexibility index (Phi) is 48.5. The highest BCUT2D eigenvalue weighted by Gasteiger charge is 2.51. The summed E-state index contributed by atoms with van der Waals surface area (Å²) in [6.45, 7) is 9.30. The molecule has 0 aromatic heterocycles. The van der Waals surface area contributed by atoms with Gasteiger partial charge in [-0.25, -0.2) is 0 Å². The van der Waals surface area contributed by atoms with E-state index >= 15 is 4.79 Å². The van der Waals surface area contributed by atoms with Gasteiger partial charge in [0.1, 0.15) is 5.54 Å². The Morgan fingerprint density at radius 3 is 1.11 bits per heavy atom. The van der Waals surface area contributed by atoms with Crippen molar-refractivity contribution in [3.05, 3.63) is 72.9 Å². The van der Waals surface area contributed by atoms with E-state index in [0.717, 1.165) is 116 Å². The van der Waals surface area contributed by atoms with Gasteiger partial charge in [0.15, 0.2) is 0 Å². The molecule has 0 unspecified atom stereocenters. The quantitative estimate of drug-likeness (QED) is 0.0488. The number of carbonyl (C=O) groups is 2. The molecule has 0 radical (unpaired) electrons. The summed E-state index contributed by atoms with van der Waals surface area (Å²) in [6, 6.07) is 0. The number of rotatable bonds is 53. The highest BCUT2D eigenvalue weighted by Crippen LogP contribution is 2.40. The first-order valence-electron chi connectivity index (χ1n) is 31.6. The molecule has 1 fully saturated rings. The molecule has 1 rings (SSSR count). The largest absolute Gasteiger partial charge is 0.354 e. The van der Waals surface area contributed by atoms with E-state index in [2.05, 4.69) is 123 Å². The fraction of sp³-hybridized carbons (Fsp3) is 0.791. The minimum atomic E-state index is -0.660. The normalized spacial score (nSPS) is 14.0. The number of nitrogens with zero attached hydrogens (tertiary/aromatic N) is 2. The van der Waals surface area contributed by atoms with Gasteiger partial charge < -0.3 is 15.1 Å². The summed E-state index contributed by atoms with van der Waals surface area (Å²) in [6.07, 6.45) is 78.8. The number of hydrogen-bond donors (Lipinski definition) is 1. The molecule has 1 N–H and O–H groups in total. The van der Waals surface area contributed by atoms with Crippen molar-refractivity contribution < 1.29 is 9.59 Å². The smallest absolute Gasteiger partial charge is 0.245 e. The van der Waals surface area contributed by atoms with E-state index < -0.39 is 5.54 Å². The Labute approximate surface area is 449 Å². The molecular weight excluding hydrogens is 879 g/mol.